The molecule has 1 heterocycles. The van der Waals surface area contributed by atoms with E-state index in [1.807, 2.05) is 33.9 Å². The molecule has 1 rings (SSSR count). The summed E-state index contributed by atoms with van der Waals surface area (Å²) in [5, 5.41) is 0. The third-order valence-corrected chi connectivity index (χ3v) is 2.81. The van der Waals surface area contributed by atoms with Crippen LogP contribution in [0.5, 0.6) is 0 Å². The monoisotopic (exact) mass is 249 g/mol. The zero-order valence-electron chi connectivity index (χ0n) is 11.9. The van der Waals surface area contributed by atoms with E-state index in [4.69, 9.17) is 10.5 Å². The largest absolute Gasteiger partial charge is 0.466 e. The molecule has 2 N–H and O–H groups in total. The quantitative estimate of drug-likeness (QED) is 0.815. The molecule has 0 bridgehead atoms. The molecule has 0 spiro atoms. The van der Waals surface area contributed by atoms with Crippen molar-refractivity contribution in [2.75, 3.05) is 0 Å². The number of allylic oxidation sites excluding steroid dienone is 3. The molecule has 100 valence electrons. The molecule has 0 radical (unpaired) electrons. The van der Waals surface area contributed by atoms with Crippen molar-refractivity contribution in [3.8, 4) is 0 Å². The zero-order valence-corrected chi connectivity index (χ0v) is 11.9. The van der Waals surface area contributed by atoms with Crippen LogP contribution in [0.1, 0.15) is 44.8 Å². The maximum absolute atomic E-state index is 6.04. The number of ether oxygens (including phenoxy) is 1. The van der Waals surface area contributed by atoms with E-state index in [1.54, 1.807) is 0 Å². The summed E-state index contributed by atoms with van der Waals surface area (Å²) in [7, 11) is 0. The number of hydrogen-bond donors (Lipinski definition) is 1. The number of nitrogens with zero attached hydrogens (tertiary/aromatic N) is 2. The molecule has 0 aliphatic rings. The first-order valence-electron chi connectivity index (χ1n) is 6.12. The van der Waals surface area contributed by atoms with Crippen molar-refractivity contribution < 1.29 is 4.74 Å². The van der Waals surface area contributed by atoms with Gasteiger partial charge >= 0.3 is 0 Å². The lowest BCUT2D eigenvalue weighted by atomic mass is 10.1. The first-order chi connectivity index (χ1) is 8.31. The van der Waals surface area contributed by atoms with E-state index in [2.05, 4.69) is 23.1 Å². The van der Waals surface area contributed by atoms with E-state index < -0.39 is 0 Å². The minimum atomic E-state index is 0.259. The molecule has 0 amide bonds. The second-order valence-corrected chi connectivity index (χ2v) is 4.78. The molecule has 0 saturated carbocycles. The molecule has 1 unspecified atom stereocenters. The van der Waals surface area contributed by atoms with Crippen molar-refractivity contribution in [2.45, 2.75) is 47.1 Å². The van der Waals surface area contributed by atoms with Crippen LogP contribution in [0.15, 0.2) is 30.0 Å². The Balaban J connectivity index is 2.78. The molecule has 1 atom stereocenters. The number of aromatic nitrogens is 2. The van der Waals surface area contributed by atoms with Crippen molar-refractivity contribution in [2.24, 2.45) is 5.73 Å². The van der Waals surface area contributed by atoms with Crippen molar-refractivity contribution in [1.29, 1.82) is 0 Å². The molecule has 0 aromatic carbocycles. The summed E-state index contributed by atoms with van der Waals surface area (Å²) < 4.78 is 7.55. The van der Waals surface area contributed by atoms with Gasteiger partial charge in [-0.3, -0.25) is 0 Å². The van der Waals surface area contributed by atoms with Gasteiger partial charge in [-0.05, 0) is 34.6 Å². The summed E-state index contributed by atoms with van der Waals surface area (Å²) in [6, 6.07) is 0.259. The van der Waals surface area contributed by atoms with Crippen LogP contribution in [-0.2, 0) is 4.74 Å². The van der Waals surface area contributed by atoms with Crippen LogP contribution in [0.25, 0.3) is 0 Å². The molecular weight excluding hydrogens is 226 g/mol. The molecule has 1 aromatic rings. The van der Waals surface area contributed by atoms with Crippen molar-refractivity contribution in [3.05, 3.63) is 41.5 Å². The van der Waals surface area contributed by atoms with Gasteiger partial charge in [0.25, 0.3) is 0 Å². The van der Waals surface area contributed by atoms with E-state index in [0.717, 1.165) is 29.4 Å². The number of aryl methyl sites for hydroxylation is 2. The molecule has 1 aromatic heterocycles. The third-order valence-electron chi connectivity index (χ3n) is 2.81. The van der Waals surface area contributed by atoms with Gasteiger partial charge in [-0.2, -0.15) is 0 Å². The summed E-state index contributed by atoms with van der Waals surface area (Å²) in [5.41, 5.74) is 7.81. The predicted molar refractivity (Wildman–Crippen MR) is 73.8 cm³/mol. The van der Waals surface area contributed by atoms with E-state index in [0.29, 0.717) is 5.76 Å². The highest BCUT2D eigenvalue weighted by Crippen LogP contribution is 2.19. The highest BCUT2D eigenvalue weighted by Gasteiger charge is 2.11. The first-order valence-corrected chi connectivity index (χ1v) is 6.12. The maximum atomic E-state index is 6.04. The highest BCUT2D eigenvalue weighted by molar-refractivity contribution is 5.08. The Kier molecular flexibility index (Phi) is 4.59. The first kappa shape index (κ1) is 14.4. The Morgan fingerprint density at radius 2 is 2.11 bits per heavy atom. The van der Waals surface area contributed by atoms with E-state index in [1.165, 1.54) is 0 Å². The number of nitrogens with two attached hydrogens (primary N) is 1. The third kappa shape index (κ3) is 3.65. The van der Waals surface area contributed by atoms with Crippen LogP contribution < -0.4 is 5.73 Å². The summed E-state index contributed by atoms with van der Waals surface area (Å²) in [6.07, 6.45) is 2.78. The van der Waals surface area contributed by atoms with Crippen molar-refractivity contribution >= 4 is 0 Å². The van der Waals surface area contributed by atoms with Crippen LogP contribution in [0.4, 0.5) is 0 Å². The molecule has 0 saturated heterocycles. The predicted octanol–water partition coefficient (Wildman–Crippen LogP) is 3.19. The van der Waals surface area contributed by atoms with Crippen molar-refractivity contribution in [1.82, 2.24) is 9.55 Å². The van der Waals surface area contributed by atoms with Crippen LogP contribution >= 0.6 is 0 Å². The van der Waals surface area contributed by atoms with Gasteiger partial charge in [-0.25, -0.2) is 4.98 Å². The van der Waals surface area contributed by atoms with Gasteiger partial charge < -0.3 is 15.0 Å². The molecule has 0 aliphatic carbocycles. The Labute approximate surface area is 109 Å². The lowest BCUT2D eigenvalue weighted by Crippen LogP contribution is -2.12. The number of hydrogen-bond acceptors (Lipinski definition) is 3. The van der Waals surface area contributed by atoms with Gasteiger partial charge in [0.2, 0.25) is 0 Å². The zero-order chi connectivity index (χ0) is 13.9. The van der Waals surface area contributed by atoms with Gasteiger partial charge in [-0.1, -0.05) is 6.58 Å². The molecule has 4 nitrogen and oxygen atoms in total. The fraction of sp³-hybridized carbons (Fsp3) is 0.500. The summed E-state index contributed by atoms with van der Waals surface area (Å²) in [6.45, 7) is 13.5. The van der Waals surface area contributed by atoms with Gasteiger partial charge in [0.05, 0.1) is 11.5 Å². The van der Waals surface area contributed by atoms with Gasteiger partial charge in [0.1, 0.15) is 11.6 Å². The maximum Gasteiger partial charge on any atom is 0.119 e. The van der Waals surface area contributed by atoms with Gasteiger partial charge in [0.15, 0.2) is 0 Å². The SMILES string of the molecule is C=C(C)O/C(C)=C(\N)CC(C)n1cc(C)nc1C. The second-order valence-electron chi connectivity index (χ2n) is 4.78. The summed E-state index contributed by atoms with van der Waals surface area (Å²) in [4.78, 5) is 4.39. The topological polar surface area (TPSA) is 53.1 Å². The van der Waals surface area contributed by atoms with Crippen LogP contribution in [-0.4, -0.2) is 9.55 Å². The minimum Gasteiger partial charge on any atom is -0.466 e. The highest BCUT2D eigenvalue weighted by atomic mass is 16.5. The number of imidazole rings is 1. The summed E-state index contributed by atoms with van der Waals surface area (Å²) in [5.74, 6) is 2.38. The van der Waals surface area contributed by atoms with Crippen LogP contribution in [0, 0.1) is 13.8 Å². The van der Waals surface area contributed by atoms with Crippen LogP contribution in [0.2, 0.25) is 0 Å². The second kappa shape index (κ2) is 5.76. The van der Waals surface area contributed by atoms with E-state index in [9.17, 15) is 0 Å². The molecule has 0 fully saturated rings. The smallest absolute Gasteiger partial charge is 0.119 e. The Morgan fingerprint density at radius 1 is 1.50 bits per heavy atom. The Hall–Kier alpha value is -1.71. The fourth-order valence-corrected chi connectivity index (χ4v) is 1.97. The van der Waals surface area contributed by atoms with E-state index >= 15 is 0 Å². The minimum absolute atomic E-state index is 0.259. The Bertz CT molecular complexity index is 471. The standard InChI is InChI=1S/C14H23N3O/c1-9(2)18-12(5)14(15)7-11(4)17-8-10(3)16-13(17)6/h8,11H,1,7,15H2,2-6H3/b14-12-. The van der Waals surface area contributed by atoms with E-state index in [-0.39, 0.29) is 6.04 Å². The Morgan fingerprint density at radius 3 is 2.56 bits per heavy atom. The molecule has 18 heavy (non-hydrogen) atoms. The number of rotatable bonds is 5. The van der Waals surface area contributed by atoms with Gasteiger partial charge in [-0.15, -0.1) is 0 Å². The molecule has 0 aliphatic heterocycles. The van der Waals surface area contributed by atoms with Crippen LogP contribution in [0.3, 0.4) is 0 Å². The average molecular weight is 249 g/mol. The average Bonchev–Trinajstić information content (AvgIpc) is 2.56. The molecular formula is C14H23N3O. The molecule has 4 heteroatoms. The summed E-state index contributed by atoms with van der Waals surface area (Å²) >= 11 is 0. The fourth-order valence-electron chi connectivity index (χ4n) is 1.97. The lowest BCUT2D eigenvalue weighted by Gasteiger charge is -2.17. The van der Waals surface area contributed by atoms with Gasteiger partial charge in [0, 0.05) is 24.4 Å². The lowest BCUT2D eigenvalue weighted by molar-refractivity contribution is 0.301. The van der Waals surface area contributed by atoms with Crippen molar-refractivity contribution in [3.63, 3.8) is 0 Å². The normalized spacial score (nSPS) is 14.1.